The van der Waals surface area contributed by atoms with Crippen molar-refractivity contribution < 1.29 is 4.79 Å². The summed E-state index contributed by atoms with van der Waals surface area (Å²) in [5.41, 5.74) is 5.40. The lowest BCUT2D eigenvalue weighted by molar-refractivity contribution is 0.202. The van der Waals surface area contributed by atoms with Gasteiger partial charge in [-0.15, -0.1) is 0 Å². The summed E-state index contributed by atoms with van der Waals surface area (Å²) in [4.78, 5) is 13.9. The van der Waals surface area contributed by atoms with E-state index in [-0.39, 0.29) is 6.03 Å². The zero-order chi connectivity index (χ0) is 12.0. The number of amides is 2. The number of nitrogens with zero attached hydrogens (tertiary/aromatic N) is 1. The monoisotopic (exact) mass is 243 g/mol. The number of rotatable bonds is 4. The summed E-state index contributed by atoms with van der Waals surface area (Å²) in [6, 6.07) is 0.344. The van der Waals surface area contributed by atoms with Gasteiger partial charge >= 0.3 is 6.03 Å². The van der Waals surface area contributed by atoms with Crippen molar-refractivity contribution in [3.63, 3.8) is 0 Å². The lowest BCUT2D eigenvalue weighted by Gasteiger charge is -2.26. The van der Waals surface area contributed by atoms with E-state index in [2.05, 4.69) is 5.32 Å². The molecule has 0 unspecified atom stereocenters. The zero-order valence-electron chi connectivity index (χ0n) is 9.87. The van der Waals surface area contributed by atoms with E-state index in [1.54, 1.807) is 11.9 Å². The zero-order valence-corrected chi connectivity index (χ0v) is 10.7. The molecule has 0 heterocycles. The van der Waals surface area contributed by atoms with Crippen LogP contribution < -0.4 is 11.1 Å². The molecule has 1 rings (SSSR count). The van der Waals surface area contributed by atoms with Crippen LogP contribution in [0.3, 0.4) is 0 Å². The Morgan fingerprint density at radius 3 is 2.62 bits per heavy atom. The van der Waals surface area contributed by atoms with E-state index in [4.69, 9.17) is 18.0 Å². The Kier molecular flexibility index (Phi) is 5.52. The molecule has 3 N–H and O–H groups in total. The smallest absolute Gasteiger partial charge is 0.317 e. The van der Waals surface area contributed by atoms with Crippen LogP contribution in [0.1, 0.15) is 38.5 Å². The Morgan fingerprint density at radius 1 is 1.44 bits per heavy atom. The van der Waals surface area contributed by atoms with Gasteiger partial charge in [-0.2, -0.15) is 0 Å². The molecule has 1 aliphatic carbocycles. The Hall–Kier alpha value is -0.840. The third-order valence-electron chi connectivity index (χ3n) is 2.97. The van der Waals surface area contributed by atoms with Crippen molar-refractivity contribution in [2.75, 3.05) is 13.6 Å². The van der Waals surface area contributed by atoms with Crippen LogP contribution in [0.15, 0.2) is 0 Å². The number of carbonyl (C=O) groups is 1. The number of hydrogen-bond donors (Lipinski definition) is 2. The van der Waals surface area contributed by atoms with Gasteiger partial charge in [-0.25, -0.2) is 4.79 Å². The van der Waals surface area contributed by atoms with Crippen molar-refractivity contribution >= 4 is 23.2 Å². The molecule has 0 saturated heterocycles. The predicted octanol–water partition coefficient (Wildman–Crippen LogP) is 1.64. The minimum absolute atomic E-state index is 0.0110. The molecule has 0 spiro atoms. The summed E-state index contributed by atoms with van der Waals surface area (Å²) in [6.07, 6.45) is 6.54. The SMILES string of the molecule is CN(CCC(N)=S)C(=O)NC1CCCCC1. The molecule has 2 amide bonds. The second-order valence-corrected chi connectivity index (χ2v) is 4.95. The maximum Gasteiger partial charge on any atom is 0.317 e. The van der Waals surface area contributed by atoms with Gasteiger partial charge in [-0.05, 0) is 12.8 Å². The standard InChI is InChI=1S/C11H21N3OS/c1-14(8-7-10(12)16)11(15)13-9-5-3-2-4-6-9/h9H,2-8H2,1H3,(H2,12,16)(H,13,15). The number of carbonyl (C=O) groups excluding carboxylic acids is 1. The first kappa shape index (κ1) is 13.2. The molecular weight excluding hydrogens is 222 g/mol. The molecule has 0 bridgehead atoms. The van der Waals surface area contributed by atoms with Crippen LogP contribution in [0.2, 0.25) is 0 Å². The topological polar surface area (TPSA) is 58.4 Å². The quantitative estimate of drug-likeness (QED) is 0.738. The first-order valence-corrected chi connectivity index (χ1v) is 6.30. The Bertz CT molecular complexity index is 252. The van der Waals surface area contributed by atoms with E-state index in [1.165, 1.54) is 19.3 Å². The van der Waals surface area contributed by atoms with Gasteiger partial charge in [0.05, 0.1) is 4.99 Å². The van der Waals surface area contributed by atoms with Gasteiger partial charge in [0.2, 0.25) is 0 Å². The average molecular weight is 243 g/mol. The normalized spacial score (nSPS) is 16.8. The number of nitrogens with two attached hydrogens (primary N) is 1. The van der Waals surface area contributed by atoms with E-state index < -0.39 is 0 Å². The van der Waals surface area contributed by atoms with Crippen LogP contribution in [-0.4, -0.2) is 35.6 Å². The molecule has 1 fully saturated rings. The minimum Gasteiger partial charge on any atom is -0.393 e. The second kappa shape index (κ2) is 6.68. The van der Waals surface area contributed by atoms with Gasteiger partial charge in [0.15, 0.2) is 0 Å². The molecule has 0 aliphatic heterocycles. The Labute approximate surface area is 103 Å². The summed E-state index contributed by atoms with van der Waals surface area (Å²) in [7, 11) is 1.77. The molecule has 0 radical (unpaired) electrons. The lowest BCUT2D eigenvalue weighted by atomic mass is 9.96. The molecule has 1 aliphatic rings. The highest BCUT2D eigenvalue weighted by atomic mass is 32.1. The van der Waals surface area contributed by atoms with Gasteiger partial charge in [0.25, 0.3) is 0 Å². The maximum absolute atomic E-state index is 11.8. The van der Waals surface area contributed by atoms with Crippen molar-refractivity contribution in [2.45, 2.75) is 44.6 Å². The van der Waals surface area contributed by atoms with Crippen LogP contribution >= 0.6 is 12.2 Å². The lowest BCUT2D eigenvalue weighted by Crippen LogP contribution is -2.44. The van der Waals surface area contributed by atoms with Crippen molar-refractivity contribution in [2.24, 2.45) is 5.73 Å². The summed E-state index contributed by atoms with van der Waals surface area (Å²) in [6.45, 7) is 0.591. The van der Waals surface area contributed by atoms with Crippen molar-refractivity contribution in [1.29, 1.82) is 0 Å². The van der Waals surface area contributed by atoms with E-state index in [0.717, 1.165) is 12.8 Å². The second-order valence-electron chi connectivity index (χ2n) is 4.42. The van der Waals surface area contributed by atoms with Gasteiger partial charge in [-0.3, -0.25) is 0 Å². The summed E-state index contributed by atoms with van der Waals surface area (Å²) < 4.78 is 0. The van der Waals surface area contributed by atoms with Gasteiger partial charge in [0.1, 0.15) is 0 Å². The molecule has 0 aromatic carbocycles. The van der Waals surface area contributed by atoms with Crippen LogP contribution in [0.4, 0.5) is 4.79 Å². The van der Waals surface area contributed by atoms with Crippen LogP contribution in [-0.2, 0) is 0 Å². The number of thiocarbonyl (C=S) groups is 1. The van der Waals surface area contributed by atoms with Crippen molar-refractivity contribution in [3.8, 4) is 0 Å². The molecule has 92 valence electrons. The summed E-state index contributed by atoms with van der Waals surface area (Å²) in [5.74, 6) is 0. The molecule has 0 aromatic rings. The summed E-state index contributed by atoms with van der Waals surface area (Å²) in [5, 5.41) is 3.05. The van der Waals surface area contributed by atoms with Gasteiger partial charge in [0, 0.05) is 26.1 Å². The van der Waals surface area contributed by atoms with Crippen molar-refractivity contribution in [3.05, 3.63) is 0 Å². The van der Waals surface area contributed by atoms with Gasteiger partial charge in [-0.1, -0.05) is 31.5 Å². The minimum atomic E-state index is -0.0110. The molecule has 0 aromatic heterocycles. The number of hydrogen-bond acceptors (Lipinski definition) is 2. The van der Waals surface area contributed by atoms with E-state index in [9.17, 15) is 4.79 Å². The van der Waals surface area contributed by atoms with Crippen molar-refractivity contribution in [1.82, 2.24) is 10.2 Å². The summed E-state index contributed by atoms with van der Waals surface area (Å²) >= 11 is 4.78. The average Bonchev–Trinajstić information content (AvgIpc) is 2.27. The van der Waals surface area contributed by atoms with E-state index in [1.807, 2.05) is 0 Å². The third-order valence-corrected chi connectivity index (χ3v) is 3.18. The largest absolute Gasteiger partial charge is 0.393 e. The van der Waals surface area contributed by atoms with E-state index >= 15 is 0 Å². The highest BCUT2D eigenvalue weighted by Crippen LogP contribution is 2.17. The predicted molar refractivity (Wildman–Crippen MR) is 69.4 cm³/mol. The maximum atomic E-state index is 11.8. The Morgan fingerprint density at radius 2 is 2.06 bits per heavy atom. The van der Waals surface area contributed by atoms with Crippen LogP contribution in [0.5, 0.6) is 0 Å². The highest BCUT2D eigenvalue weighted by molar-refractivity contribution is 7.80. The van der Waals surface area contributed by atoms with Crippen LogP contribution in [0, 0.1) is 0 Å². The Balaban J connectivity index is 2.24. The molecule has 5 heteroatoms. The fourth-order valence-corrected chi connectivity index (χ4v) is 2.00. The first-order chi connectivity index (χ1) is 7.59. The fraction of sp³-hybridized carbons (Fsp3) is 0.818. The molecule has 4 nitrogen and oxygen atoms in total. The first-order valence-electron chi connectivity index (χ1n) is 5.89. The fourth-order valence-electron chi connectivity index (χ4n) is 1.91. The van der Waals surface area contributed by atoms with Crippen LogP contribution in [0.25, 0.3) is 0 Å². The van der Waals surface area contributed by atoms with Gasteiger partial charge < -0.3 is 16.0 Å². The third kappa shape index (κ3) is 4.79. The molecular formula is C11H21N3OS. The number of urea groups is 1. The number of nitrogens with one attached hydrogen (secondary N) is 1. The molecule has 1 saturated carbocycles. The molecule has 0 atom stereocenters. The highest BCUT2D eigenvalue weighted by Gasteiger charge is 2.17. The van der Waals surface area contributed by atoms with E-state index in [0.29, 0.717) is 24.0 Å². The molecule has 16 heavy (non-hydrogen) atoms.